The van der Waals surface area contributed by atoms with Crippen LogP contribution in [0.5, 0.6) is 0 Å². The Labute approximate surface area is 156 Å². The maximum atomic E-state index is 12.8. The van der Waals surface area contributed by atoms with Crippen molar-refractivity contribution in [2.24, 2.45) is 0 Å². The molecule has 0 spiro atoms. The molecule has 0 aromatic heterocycles. The van der Waals surface area contributed by atoms with Gasteiger partial charge in [-0.05, 0) is 43.9 Å². The van der Waals surface area contributed by atoms with Gasteiger partial charge in [-0.15, -0.1) is 12.4 Å². The van der Waals surface area contributed by atoms with Crippen molar-refractivity contribution in [1.82, 2.24) is 10.6 Å². The summed E-state index contributed by atoms with van der Waals surface area (Å²) in [5.41, 5.74) is 1.94. The van der Waals surface area contributed by atoms with Crippen molar-refractivity contribution in [3.63, 3.8) is 0 Å². The third-order valence-corrected chi connectivity index (χ3v) is 4.84. The van der Waals surface area contributed by atoms with E-state index >= 15 is 0 Å². The minimum Gasteiger partial charge on any atom is -0.345 e. The second-order valence-electron chi connectivity index (χ2n) is 6.85. The lowest BCUT2D eigenvalue weighted by atomic mass is 9.85. The Morgan fingerprint density at radius 2 is 1.72 bits per heavy atom. The summed E-state index contributed by atoms with van der Waals surface area (Å²) in [7, 11) is 0. The molecule has 2 atom stereocenters. The van der Waals surface area contributed by atoms with Crippen LogP contribution in [0.4, 0.5) is 0 Å². The van der Waals surface area contributed by atoms with E-state index < -0.39 is 5.54 Å². The first-order valence-corrected chi connectivity index (χ1v) is 8.82. The van der Waals surface area contributed by atoms with Gasteiger partial charge in [0.1, 0.15) is 0 Å². The zero-order chi connectivity index (χ0) is 16.8. The Balaban J connectivity index is 0.00000225. The topological polar surface area (TPSA) is 41.1 Å². The van der Waals surface area contributed by atoms with Gasteiger partial charge in [0.05, 0.1) is 11.6 Å². The van der Waals surface area contributed by atoms with Crippen molar-refractivity contribution in [1.29, 1.82) is 0 Å². The van der Waals surface area contributed by atoms with Gasteiger partial charge in [0.25, 0.3) is 0 Å². The smallest absolute Gasteiger partial charge is 0.237 e. The van der Waals surface area contributed by atoms with E-state index in [2.05, 4.69) is 41.8 Å². The Morgan fingerprint density at radius 3 is 2.32 bits per heavy atom. The standard InChI is InChI=1S/C21H26N2O.ClH/c1-21(18-12-6-3-7-13-18,16-17-10-4-2-5-11-17)23-20(24)19-14-8-9-15-22-19;/h2-7,10-13,19,22H,8-9,14-16H2,1H3,(H,23,24);1H. The molecule has 1 aliphatic heterocycles. The van der Waals surface area contributed by atoms with E-state index in [0.717, 1.165) is 37.8 Å². The molecule has 3 rings (SSSR count). The van der Waals surface area contributed by atoms with E-state index in [0.29, 0.717) is 0 Å². The Hall–Kier alpha value is -1.84. The highest BCUT2D eigenvalue weighted by molar-refractivity contribution is 5.85. The molecule has 1 fully saturated rings. The second kappa shape index (κ2) is 9.02. The number of carbonyl (C=O) groups excluding carboxylic acids is 1. The molecule has 2 N–H and O–H groups in total. The van der Waals surface area contributed by atoms with Crippen LogP contribution < -0.4 is 10.6 Å². The highest BCUT2D eigenvalue weighted by atomic mass is 35.5. The van der Waals surface area contributed by atoms with E-state index in [-0.39, 0.29) is 24.4 Å². The van der Waals surface area contributed by atoms with Gasteiger partial charge < -0.3 is 10.6 Å². The third kappa shape index (κ3) is 5.07. The lowest BCUT2D eigenvalue weighted by molar-refractivity contribution is -0.125. The van der Waals surface area contributed by atoms with Gasteiger partial charge in [-0.2, -0.15) is 0 Å². The monoisotopic (exact) mass is 358 g/mol. The van der Waals surface area contributed by atoms with Crippen LogP contribution in [0.3, 0.4) is 0 Å². The third-order valence-electron chi connectivity index (χ3n) is 4.84. The molecule has 2 aromatic rings. The highest BCUT2D eigenvalue weighted by Crippen LogP contribution is 2.26. The molecule has 1 aliphatic rings. The van der Waals surface area contributed by atoms with Crippen LogP contribution >= 0.6 is 12.4 Å². The van der Waals surface area contributed by atoms with Crippen molar-refractivity contribution in [2.45, 2.75) is 44.2 Å². The predicted molar refractivity (Wildman–Crippen MR) is 105 cm³/mol. The average molecular weight is 359 g/mol. The zero-order valence-corrected chi connectivity index (χ0v) is 15.5. The van der Waals surface area contributed by atoms with Crippen LogP contribution in [0.1, 0.15) is 37.3 Å². The first-order chi connectivity index (χ1) is 11.7. The minimum atomic E-state index is -0.418. The molecule has 134 valence electrons. The van der Waals surface area contributed by atoms with Gasteiger partial charge in [-0.25, -0.2) is 0 Å². The van der Waals surface area contributed by atoms with Crippen LogP contribution in [0.2, 0.25) is 0 Å². The van der Waals surface area contributed by atoms with Gasteiger partial charge in [-0.3, -0.25) is 4.79 Å². The maximum absolute atomic E-state index is 12.8. The molecule has 2 unspecified atom stereocenters. The van der Waals surface area contributed by atoms with Crippen molar-refractivity contribution >= 4 is 18.3 Å². The Morgan fingerprint density at radius 1 is 1.08 bits per heavy atom. The van der Waals surface area contributed by atoms with Crippen LogP contribution in [0.15, 0.2) is 60.7 Å². The molecule has 0 saturated carbocycles. The zero-order valence-electron chi connectivity index (χ0n) is 14.7. The van der Waals surface area contributed by atoms with Crippen LogP contribution in [-0.2, 0) is 16.8 Å². The maximum Gasteiger partial charge on any atom is 0.237 e. The Bertz CT molecular complexity index is 656. The molecular weight excluding hydrogens is 332 g/mol. The molecule has 3 nitrogen and oxygen atoms in total. The Kier molecular flexibility index (Phi) is 7.03. The summed E-state index contributed by atoms with van der Waals surface area (Å²) in [6.45, 7) is 3.05. The number of piperidine rings is 1. The lowest BCUT2D eigenvalue weighted by Gasteiger charge is -2.34. The fraction of sp³-hybridized carbons (Fsp3) is 0.381. The van der Waals surface area contributed by atoms with Crippen molar-refractivity contribution in [3.8, 4) is 0 Å². The van der Waals surface area contributed by atoms with Crippen LogP contribution in [0, 0.1) is 0 Å². The number of rotatable bonds is 5. The van der Waals surface area contributed by atoms with Gasteiger partial charge in [-0.1, -0.05) is 67.1 Å². The summed E-state index contributed by atoms with van der Waals surface area (Å²) < 4.78 is 0. The van der Waals surface area contributed by atoms with Gasteiger partial charge in [0.15, 0.2) is 0 Å². The van der Waals surface area contributed by atoms with Crippen molar-refractivity contribution < 1.29 is 4.79 Å². The number of amides is 1. The predicted octanol–water partition coefficient (Wildman–Crippen LogP) is 3.82. The van der Waals surface area contributed by atoms with Crippen LogP contribution in [-0.4, -0.2) is 18.5 Å². The number of hydrogen-bond acceptors (Lipinski definition) is 2. The van der Waals surface area contributed by atoms with E-state index in [1.807, 2.05) is 36.4 Å². The van der Waals surface area contributed by atoms with Crippen molar-refractivity contribution in [3.05, 3.63) is 71.8 Å². The molecule has 2 aromatic carbocycles. The summed E-state index contributed by atoms with van der Waals surface area (Å²) in [4.78, 5) is 12.8. The summed E-state index contributed by atoms with van der Waals surface area (Å²) in [5, 5.41) is 6.67. The van der Waals surface area contributed by atoms with E-state index in [1.165, 1.54) is 5.56 Å². The first kappa shape index (κ1) is 19.5. The van der Waals surface area contributed by atoms with Gasteiger partial charge in [0.2, 0.25) is 5.91 Å². The summed E-state index contributed by atoms with van der Waals surface area (Å²) in [6, 6.07) is 20.5. The second-order valence-corrected chi connectivity index (χ2v) is 6.85. The minimum absolute atomic E-state index is 0. The number of hydrogen-bond donors (Lipinski definition) is 2. The molecular formula is C21H27ClN2O. The average Bonchev–Trinajstić information content (AvgIpc) is 2.64. The lowest BCUT2D eigenvalue weighted by Crippen LogP contribution is -2.53. The van der Waals surface area contributed by atoms with Crippen molar-refractivity contribution in [2.75, 3.05) is 6.54 Å². The van der Waals surface area contributed by atoms with E-state index in [9.17, 15) is 4.79 Å². The number of benzene rings is 2. The van der Waals surface area contributed by atoms with Gasteiger partial charge >= 0.3 is 0 Å². The van der Waals surface area contributed by atoms with Crippen LogP contribution in [0.25, 0.3) is 0 Å². The fourth-order valence-corrected chi connectivity index (χ4v) is 3.46. The molecule has 0 aliphatic carbocycles. The number of halogens is 1. The van der Waals surface area contributed by atoms with E-state index in [4.69, 9.17) is 0 Å². The molecule has 1 amide bonds. The normalized spacial score (nSPS) is 19.3. The molecule has 4 heteroatoms. The first-order valence-electron chi connectivity index (χ1n) is 8.82. The molecule has 1 saturated heterocycles. The van der Waals surface area contributed by atoms with E-state index in [1.54, 1.807) is 0 Å². The van der Waals surface area contributed by atoms with Gasteiger partial charge in [0, 0.05) is 0 Å². The molecule has 1 heterocycles. The molecule has 25 heavy (non-hydrogen) atoms. The molecule has 0 radical (unpaired) electrons. The SMILES string of the molecule is CC(Cc1ccccc1)(NC(=O)C1CCCCN1)c1ccccc1.Cl. The fourth-order valence-electron chi connectivity index (χ4n) is 3.46. The highest BCUT2D eigenvalue weighted by Gasteiger charge is 2.32. The largest absolute Gasteiger partial charge is 0.345 e. The summed E-state index contributed by atoms with van der Waals surface area (Å²) in [5.74, 6) is 0.108. The summed E-state index contributed by atoms with van der Waals surface area (Å²) >= 11 is 0. The quantitative estimate of drug-likeness (QED) is 0.853. The number of nitrogens with one attached hydrogen (secondary N) is 2. The number of carbonyl (C=O) groups is 1. The summed E-state index contributed by atoms with van der Waals surface area (Å²) in [6.07, 6.45) is 3.97. The molecule has 0 bridgehead atoms.